The second-order valence-corrected chi connectivity index (χ2v) is 6.30. The summed E-state index contributed by atoms with van der Waals surface area (Å²) in [5, 5.41) is 7.38. The fourth-order valence-corrected chi connectivity index (χ4v) is 3.28. The van der Waals surface area contributed by atoms with Gasteiger partial charge < -0.3 is 0 Å². The van der Waals surface area contributed by atoms with Crippen molar-refractivity contribution in [2.75, 3.05) is 5.32 Å². The number of aromatic nitrogens is 4. The van der Waals surface area contributed by atoms with Crippen LogP contribution in [-0.2, 0) is 17.8 Å². The number of nitrogens with zero attached hydrogens (tertiary/aromatic N) is 4. The summed E-state index contributed by atoms with van der Waals surface area (Å²) < 4.78 is 15.4. The summed E-state index contributed by atoms with van der Waals surface area (Å²) in [5.74, 6) is -0.247. The predicted octanol–water partition coefficient (Wildman–Crippen LogP) is 3.44. The molecule has 1 amide bonds. The Kier molecular flexibility index (Phi) is 4.20. The smallest absolute Gasteiger partial charge is 0.229 e. The van der Waals surface area contributed by atoms with Gasteiger partial charge in [-0.2, -0.15) is 5.10 Å². The summed E-state index contributed by atoms with van der Waals surface area (Å²) in [6, 6.07) is 8.12. The van der Waals surface area contributed by atoms with Gasteiger partial charge in [-0.15, -0.1) is 0 Å². The van der Waals surface area contributed by atoms with Crippen molar-refractivity contribution >= 4 is 11.9 Å². The first-order chi connectivity index (χ1) is 12.6. The summed E-state index contributed by atoms with van der Waals surface area (Å²) in [5.41, 5.74) is 4.34. The molecule has 0 fully saturated rings. The van der Waals surface area contributed by atoms with Crippen LogP contribution in [0.1, 0.15) is 25.5 Å². The van der Waals surface area contributed by atoms with E-state index in [9.17, 15) is 9.18 Å². The first-order valence-electron chi connectivity index (χ1n) is 8.58. The lowest BCUT2D eigenvalue weighted by atomic mass is 9.99. The van der Waals surface area contributed by atoms with Gasteiger partial charge >= 0.3 is 0 Å². The second-order valence-electron chi connectivity index (χ2n) is 6.30. The van der Waals surface area contributed by atoms with Gasteiger partial charge in [0.2, 0.25) is 11.9 Å². The number of halogens is 1. The molecule has 1 aliphatic rings. The largest absolute Gasteiger partial charge is 0.295 e. The maximum Gasteiger partial charge on any atom is 0.229 e. The van der Waals surface area contributed by atoms with Crippen molar-refractivity contribution in [3.63, 3.8) is 0 Å². The minimum absolute atomic E-state index is 0.224. The van der Waals surface area contributed by atoms with E-state index in [-0.39, 0.29) is 17.7 Å². The Morgan fingerprint density at radius 3 is 2.77 bits per heavy atom. The maximum atomic E-state index is 13.3. The molecule has 132 valence electrons. The van der Waals surface area contributed by atoms with Crippen LogP contribution >= 0.6 is 0 Å². The third-order valence-electron chi connectivity index (χ3n) is 4.41. The normalized spacial score (nSPS) is 13.3. The van der Waals surface area contributed by atoms with E-state index in [1.807, 2.05) is 10.7 Å². The molecule has 2 aromatic heterocycles. The lowest BCUT2D eigenvalue weighted by Crippen LogP contribution is -2.12. The molecule has 1 aliphatic heterocycles. The van der Waals surface area contributed by atoms with Crippen molar-refractivity contribution < 1.29 is 9.18 Å². The number of hydrogen-bond acceptors (Lipinski definition) is 4. The van der Waals surface area contributed by atoms with Crippen LogP contribution in [0.4, 0.5) is 10.3 Å². The van der Waals surface area contributed by atoms with Gasteiger partial charge in [-0.1, -0.05) is 0 Å². The third kappa shape index (κ3) is 3.08. The molecule has 0 unspecified atom stereocenters. The molecule has 0 spiro atoms. The molecule has 0 radical (unpaired) electrons. The maximum absolute atomic E-state index is 13.3. The van der Waals surface area contributed by atoms with E-state index in [1.54, 1.807) is 18.3 Å². The fourth-order valence-electron chi connectivity index (χ4n) is 3.28. The monoisotopic (exact) mass is 351 g/mol. The van der Waals surface area contributed by atoms with E-state index in [0.717, 1.165) is 48.3 Å². The number of anilines is 1. The minimum atomic E-state index is -0.283. The summed E-state index contributed by atoms with van der Waals surface area (Å²) in [6.07, 6.45) is 4.70. The molecule has 7 heteroatoms. The molecule has 0 saturated heterocycles. The van der Waals surface area contributed by atoms with Crippen molar-refractivity contribution in [2.45, 2.75) is 32.7 Å². The van der Waals surface area contributed by atoms with Crippen molar-refractivity contribution in [1.29, 1.82) is 0 Å². The van der Waals surface area contributed by atoms with Crippen LogP contribution in [0.3, 0.4) is 0 Å². The molecular weight excluding hydrogens is 333 g/mol. The van der Waals surface area contributed by atoms with Gasteiger partial charge in [-0.3, -0.25) is 14.8 Å². The van der Waals surface area contributed by atoms with Crippen molar-refractivity contribution in [3.8, 4) is 22.5 Å². The molecule has 3 aromatic rings. The molecule has 0 bridgehead atoms. The number of carbonyl (C=O) groups is 1. The molecule has 4 rings (SSSR count). The van der Waals surface area contributed by atoms with Crippen molar-refractivity contribution in [2.24, 2.45) is 0 Å². The van der Waals surface area contributed by atoms with E-state index in [2.05, 4.69) is 15.3 Å². The first-order valence-corrected chi connectivity index (χ1v) is 8.58. The molecule has 0 saturated carbocycles. The number of rotatable bonds is 3. The summed E-state index contributed by atoms with van der Waals surface area (Å²) in [6.45, 7) is 2.27. The lowest BCUT2D eigenvalue weighted by molar-refractivity contribution is -0.114. The van der Waals surface area contributed by atoms with Crippen LogP contribution < -0.4 is 5.32 Å². The zero-order chi connectivity index (χ0) is 18.1. The number of amides is 1. The average molecular weight is 351 g/mol. The van der Waals surface area contributed by atoms with Gasteiger partial charge in [-0.25, -0.2) is 14.4 Å². The quantitative estimate of drug-likeness (QED) is 0.784. The highest BCUT2D eigenvalue weighted by atomic mass is 19.1. The fraction of sp³-hybridized carbons (Fsp3) is 0.263. The van der Waals surface area contributed by atoms with Gasteiger partial charge in [0, 0.05) is 36.5 Å². The number of carbonyl (C=O) groups excluding carboxylic acids is 1. The van der Waals surface area contributed by atoms with Crippen molar-refractivity contribution in [1.82, 2.24) is 19.7 Å². The van der Waals surface area contributed by atoms with E-state index >= 15 is 0 Å². The molecule has 0 aliphatic carbocycles. The number of benzene rings is 1. The van der Waals surface area contributed by atoms with Gasteiger partial charge in [-0.05, 0) is 49.6 Å². The third-order valence-corrected chi connectivity index (χ3v) is 4.41. The Labute approximate surface area is 150 Å². The van der Waals surface area contributed by atoms with Crippen LogP contribution in [0, 0.1) is 5.82 Å². The molecule has 1 N–H and O–H groups in total. The summed E-state index contributed by atoms with van der Waals surface area (Å²) in [7, 11) is 0. The molecule has 26 heavy (non-hydrogen) atoms. The number of fused-ring (bicyclic) bond motifs is 1. The van der Waals surface area contributed by atoms with Gasteiger partial charge in [0.15, 0.2) is 0 Å². The molecule has 3 heterocycles. The van der Waals surface area contributed by atoms with E-state index in [4.69, 9.17) is 5.10 Å². The van der Waals surface area contributed by atoms with E-state index in [0.29, 0.717) is 5.69 Å². The SMILES string of the molecule is CC(=O)Nc1nccc(-c2c(-c3ccc(F)cc3)nn3c2CCCC3)n1. The van der Waals surface area contributed by atoms with Crippen LogP contribution in [-0.4, -0.2) is 25.7 Å². The predicted molar refractivity (Wildman–Crippen MR) is 95.9 cm³/mol. The van der Waals surface area contributed by atoms with Crippen LogP contribution in [0.25, 0.3) is 22.5 Å². The van der Waals surface area contributed by atoms with Crippen LogP contribution in [0.5, 0.6) is 0 Å². The van der Waals surface area contributed by atoms with Crippen LogP contribution in [0.2, 0.25) is 0 Å². The number of aryl methyl sites for hydroxylation is 1. The standard InChI is InChI=1S/C19H18FN5O/c1-12(26)22-19-21-10-9-15(23-19)17-16-4-2-3-11-25(16)24-18(17)13-5-7-14(20)8-6-13/h5-10H,2-4,11H2,1H3,(H,21,22,23,26). The lowest BCUT2D eigenvalue weighted by Gasteiger charge is -2.14. The van der Waals surface area contributed by atoms with Gasteiger partial charge in [0.1, 0.15) is 11.5 Å². The van der Waals surface area contributed by atoms with Gasteiger partial charge in [0.05, 0.1) is 5.69 Å². The number of nitrogens with one attached hydrogen (secondary N) is 1. The Bertz CT molecular complexity index is 965. The van der Waals surface area contributed by atoms with Crippen molar-refractivity contribution in [3.05, 3.63) is 48.0 Å². The van der Waals surface area contributed by atoms with E-state index < -0.39 is 0 Å². The summed E-state index contributed by atoms with van der Waals surface area (Å²) >= 11 is 0. The Hall–Kier alpha value is -3.09. The van der Waals surface area contributed by atoms with E-state index in [1.165, 1.54) is 19.1 Å². The highest BCUT2D eigenvalue weighted by molar-refractivity contribution is 5.87. The zero-order valence-corrected chi connectivity index (χ0v) is 14.4. The topological polar surface area (TPSA) is 72.7 Å². The molecular formula is C19H18FN5O. The number of hydrogen-bond donors (Lipinski definition) is 1. The Morgan fingerprint density at radius 2 is 2.00 bits per heavy atom. The molecule has 1 aromatic carbocycles. The Balaban J connectivity index is 1.88. The molecule has 6 nitrogen and oxygen atoms in total. The zero-order valence-electron chi connectivity index (χ0n) is 14.4. The highest BCUT2D eigenvalue weighted by Crippen LogP contribution is 2.36. The summed E-state index contributed by atoms with van der Waals surface area (Å²) in [4.78, 5) is 19.9. The second kappa shape index (κ2) is 6.67. The minimum Gasteiger partial charge on any atom is -0.295 e. The van der Waals surface area contributed by atoms with Crippen LogP contribution in [0.15, 0.2) is 36.5 Å². The first kappa shape index (κ1) is 16.4. The highest BCUT2D eigenvalue weighted by Gasteiger charge is 2.23. The Morgan fingerprint density at radius 1 is 1.19 bits per heavy atom. The average Bonchev–Trinajstić information content (AvgIpc) is 3.01. The molecule has 0 atom stereocenters. The van der Waals surface area contributed by atoms with Gasteiger partial charge in [0.25, 0.3) is 0 Å².